The van der Waals surface area contributed by atoms with Crippen LogP contribution in [-0.4, -0.2) is 24.1 Å². The van der Waals surface area contributed by atoms with Crippen LogP contribution in [0.1, 0.15) is 42.2 Å². The van der Waals surface area contributed by atoms with Crippen molar-refractivity contribution in [2.24, 2.45) is 17.4 Å². The Morgan fingerprint density at radius 2 is 1.66 bits per heavy atom. The maximum atomic E-state index is 14.4. The number of carbonyl (C=O) groups is 2. The highest BCUT2D eigenvalue weighted by Gasteiger charge is 2.57. The van der Waals surface area contributed by atoms with Crippen molar-refractivity contribution in [1.82, 2.24) is 10.9 Å². The minimum atomic E-state index is -4.78. The van der Waals surface area contributed by atoms with E-state index in [0.717, 1.165) is 6.08 Å². The third-order valence-electron chi connectivity index (χ3n) is 6.84. The zero-order valence-corrected chi connectivity index (χ0v) is 22.5. The van der Waals surface area contributed by atoms with Gasteiger partial charge in [0.1, 0.15) is 11.7 Å². The third-order valence-corrected chi connectivity index (χ3v) is 6.84. The second-order valence-electron chi connectivity index (χ2n) is 10.1. The largest absolute Gasteiger partial charge is 0.451 e. The summed E-state index contributed by atoms with van der Waals surface area (Å²) in [5, 5.41) is 2.63. The topological polar surface area (TPSA) is 132 Å². The fourth-order valence-electron chi connectivity index (χ4n) is 4.39. The smallest absolute Gasteiger partial charge is 0.416 e. The van der Waals surface area contributed by atoms with Crippen molar-refractivity contribution < 1.29 is 27.5 Å². The van der Waals surface area contributed by atoms with Crippen molar-refractivity contribution in [1.29, 1.82) is 0 Å². The minimum Gasteiger partial charge on any atom is -0.451 e. The molecule has 216 valence electrons. The van der Waals surface area contributed by atoms with Crippen molar-refractivity contribution in [2.45, 2.75) is 44.3 Å². The SMILES string of the molecule is CC(C)C(N)C(=O)OC(c1ccccc1)c1cccc(NC(=O)C2=CC(c3cccc(CN)c3)(C(F)(F)F)NN2)c1. The number of nitrogens with two attached hydrogens (primary N) is 2. The molecule has 11 heteroatoms. The predicted molar refractivity (Wildman–Crippen MR) is 149 cm³/mol. The number of nitrogens with one attached hydrogen (secondary N) is 3. The van der Waals surface area contributed by atoms with Gasteiger partial charge in [0.15, 0.2) is 11.6 Å². The molecule has 0 saturated heterocycles. The molecular formula is C30H32F3N5O3. The summed E-state index contributed by atoms with van der Waals surface area (Å²) in [5.41, 5.74) is 15.2. The molecule has 0 saturated carbocycles. The van der Waals surface area contributed by atoms with Crippen LogP contribution in [0.25, 0.3) is 0 Å². The summed E-state index contributed by atoms with van der Waals surface area (Å²) in [5.74, 6) is -1.53. The number of carbonyl (C=O) groups excluding carboxylic acids is 2. The number of benzene rings is 3. The molecule has 41 heavy (non-hydrogen) atoms. The van der Waals surface area contributed by atoms with Gasteiger partial charge in [0.05, 0.1) is 0 Å². The average Bonchev–Trinajstić information content (AvgIpc) is 3.43. The second-order valence-corrected chi connectivity index (χ2v) is 10.1. The monoisotopic (exact) mass is 567 g/mol. The molecule has 0 aromatic heterocycles. The van der Waals surface area contributed by atoms with Crippen LogP contribution in [0.5, 0.6) is 0 Å². The van der Waals surface area contributed by atoms with Crippen LogP contribution in [0.3, 0.4) is 0 Å². The lowest BCUT2D eigenvalue weighted by atomic mass is 9.88. The summed E-state index contributed by atoms with van der Waals surface area (Å²) in [6, 6.07) is 20.5. The Bertz CT molecular complexity index is 1430. The van der Waals surface area contributed by atoms with E-state index in [2.05, 4.69) is 16.2 Å². The number of hydrogen-bond donors (Lipinski definition) is 5. The maximum absolute atomic E-state index is 14.4. The molecule has 1 heterocycles. The van der Waals surface area contributed by atoms with E-state index < -0.39 is 35.7 Å². The zero-order chi connectivity index (χ0) is 29.8. The molecule has 1 aliphatic rings. The summed E-state index contributed by atoms with van der Waals surface area (Å²) in [4.78, 5) is 25.8. The Balaban J connectivity index is 1.61. The molecule has 0 spiro atoms. The van der Waals surface area contributed by atoms with Gasteiger partial charge in [-0.15, -0.1) is 0 Å². The molecular weight excluding hydrogens is 535 g/mol. The molecule has 7 N–H and O–H groups in total. The average molecular weight is 568 g/mol. The highest BCUT2D eigenvalue weighted by Crippen LogP contribution is 2.42. The van der Waals surface area contributed by atoms with Crippen molar-refractivity contribution in [3.05, 3.63) is 113 Å². The van der Waals surface area contributed by atoms with E-state index >= 15 is 0 Å². The van der Waals surface area contributed by atoms with Gasteiger partial charge < -0.3 is 26.9 Å². The van der Waals surface area contributed by atoms with Crippen LogP contribution < -0.4 is 27.6 Å². The Kier molecular flexibility index (Phi) is 8.81. The Morgan fingerprint density at radius 1 is 0.976 bits per heavy atom. The van der Waals surface area contributed by atoms with Gasteiger partial charge in [-0.2, -0.15) is 13.2 Å². The lowest BCUT2D eigenvalue weighted by molar-refractivity contribution is -0.184. The van der Waals surface area contributed by atoms with Gasteiger partial charge in [0.25, 0.3) is 5.91 Å². The fourth-order valence-corrected chi connectivity index (χ4v) is 4.39. The summed E-state index contributed by atoms with van der Waals surface area (Å²) >= 11 is 0. The molecule has 3 atom stereocenters. The molecule has 8 nitrogen and oxygen atoms in total. The summed E-state index contributed by atoms with van der Waals surface area (Å²) in [7, 11) is 0. The summed E-state index contributed by atoms with van der Waals surface area (Å²) in [6.07, 6.45) is -4.80. The van der Waals surface area contributed by atoms with Gasteiger partial charge in [-0.3, -0.25) is 9.59 Å². The number of ether oxygens (including phenoxy) is 1. The van der Waals surface area contributed by atoms with Crippen LogP contribution in [0, 0.1) is 5.92 Å². The number of alkyl halides is 3. The minimum absolute atomic E-state index is 0.0608. The predicted octanol–water partition coefficient (Wildman–Crippen LogP) is 4.15. The molecule has 3 aromatic carbocycles. The van der Waals surface area contributed by atoms with Crippen LogP contribution in [0.4, 0.5) is 18.9 Å². The zero-order valence-electron chi connectivity index (χ0n) is 22.5. The van der Waals surface area contributed by atoms with Crippen molar-refractivity contribution in [2.75, 3.05) is 5.32 Å². The van der Waals surface area contributed by atoms with E-state index in [1.54, 1.807) is 54.6 Å². The van der Waals surface area contributed by atoms with E-state index in [0.29, 0.717) is 16.7 Å². The quantitative estimate of drug-likeness (QED) is 0.246. The molecule has 4 rings (SSSR count). The number of anilines is 1. The summed E-state index contributed by atoms with van der Waals surface area (Å²) < 4.78 is 48.9. The van der Waals surface area contributed by atoms with Gasteiger partial charge in [-0.05, 0) is 46.4 Å². The number of halogens is 3. The molecule has 0 fully saturated rings. The van der Waals surface area contributed by atoms with E-state index in [1.165, 1.54) is 18.2 Å². The van der Waals surface area contributed by atoms with Crippen molar-refractivity contribution >= 4 is 17.6 Å². The molecule has 1 amide bonds. The Hall–Kier alpha value is -4.19. The van der Waals surface area contributed by atoms with Gasteiger partial charge in [0, 0.05) is 12.2 Å². The van der Waals surface area contributed by atoms with Crippen molar-refractivity contribution in [3.8, 4) is 0 Å². The Morgan fingerprint density at radius 3 is 2.32 bits per heavy atom. The first-order chi connectivity index (χ1) is 19.4. The molecule has 3 unspecified atom stereocenters. The summed E-state index contributed by atoms with van der Waals surface area (Å²) in [6.45, 7) is 3.68. The number of amides is 1. The van der Waals surface area contributed by atoms with E-state index in [-0.39, 0.29) is 29.4 Å². The van der Waals surface area contributed by atoms with E-state index in [1.807, 2.05) is 19.9 Å². The lowest BCUT2D eigenvalue weighted by Crippen LogP contribution is -2.53. The molecule has 3 aromatic rings. The number of esters is 1. The highest BCUT2D eigenvalue weighted by atomic mass is 19.4. The number of hydrogen-bond acceptors (Lipinski definition) is 7. The van der Waals surface area contributed by atoms with E-state index in [9.17, 15) is 22.8 Å². The Labute approximate surface area is 235 Å². The maximum Gasteiger partial charge on any atom is 0.416 e. The van der Waals surface area contributed by atoms with Crippen LogP contribution in [0.15, 0.2) is 90.6 Å². The number of hydrazine groups is 1. The molecule has 0 radical (unpaired) electrons. The third kappa shape index (κ3) is 6.43. The lowest BCUT2D eigenvalue weighted by Gasteiger charge is -2.30. The first-order valence-electron chi connectivity index (χ1n) is 13.0. The van der Waals surface area contributed by atoms with Crippen LogP contribution in [-0.2, 0) is 26.4 Å². The van der Waals surface area contributed by atoms with Crippen LogP contribution >= 0.6 is 0 Å². The van der Waals surface area contributed by atoms with Gasteiger partial charge in [-0.25, -0.2) is 5.43 Å². The molecule has 1 aliphatic heterocycles. The second kappa shape index (κ2) is 12.1. The van der Waals surface area contributed by atoms with Gasteiger partial charge in [0.2, 0.25) is 0 Å². The highest BCUT2D eigenvalue weighted by molar-refractivity contribution is 6.03. The van der Waals surface area contributed by atoms with Gasteiger partial charge in [-0.1, -0.05) is 80.6 Å². The number of rotatable bonds is 9. The fraction of sp³-hybridized carbons (Fsp3) is 0.267. The van der Waals surface area contributed by atoms with Gasteiger partial charge >= 0.3 is 12.1 Å². The van der Waals surface area contributed by atoms with E-state index in [4.69, 9.17) is 16.2 Å². The molecule has 0 aliphatic carbocycles. The first kappa shape index (κ1) is 29.8. The molecule has 0 bridgehead atoms. The first-order valence-corrected chi connectivity index (χ1v) is 13.0. The standard InChI is InChI=1S/C30H32F3N5O3/c1-18(2)25(35)28(40)41-26(20-9-4-3-5-10-20)21-11-7-13-23(15-21)36-27(39)24-16-29(38-37-24,30(31,32)33)22-12-6-8-19(14-22)17-34/h3-16,18,25-26,37-38H,17,34-35H2,1-2H3,(H,36,39). The normalized spacial score (nSPS) is 18.3. The van der Waals surface area contributed by atoms with Crippen LogP contribution in [0.2, 0.25) is 0 Å². The van der Waals surface area contributed by atoms with Crippen molar-refractivity contribution in [3.63, 3.8) is 0 Å².